The normalized spacial score (nSPS) is 15.3. The molecule has 0 aliphatic carbocycles. The van der Waals surface area contributed by atoms with Gasteiger partial charge in [-0.25, -0.2) is 0 Å². The number of nitrogens with one attached hydrogen (secondary N) is 1. The summed E-state index contributed by atoms with van der Waals surface area (Å²) in [6.07, 6.45) is 1.59. The van der Waals surface area contributed by atoms with Crippen LogP contribution < -0.4 is 4.74 Å². The summed E-state index contributed by atoms with van der Waals surface area (Å²) in [6, 6.07) is 14.6. The molecule has 2 aromatic heterocycles. The third-order valence-corrected chi connectivity index (χ3v) is 5.88. The summed E-state index contributed by atoms with van der Waals surface area (Å²) in [5.41, 5.74) is 5.06. The number of ether oxygens (including phenoxy) is 1. The number of carbonyl (C=O) groups is 1. The Kier molecular flexibility index (Phi) is 4.74. The number of nitrogens with zero attached hydrogens (tertiary/aromatic N) is 2. The Labute approximate surface area is 185 Å². The van der Waals surface area contributed by atoms with Crippen LogP contribution in [0.1, 0.15) is 44.5 Å². The molecule has 1 atom stereocenters. The third kappa shape index (κ3) is 3.13. The number of fused-ring (bicyclic) bond motifs is 1. The summed E-state index contributed by atoms with van der Waals surface area (Å²) in [4.78, 5) is 15.2. The molecule has 7 heteroatoms. The zero-order valence-electron chi connectivity index (χ0n) is 18.0. The quantitative estimate of drug-likeness (QED) is 0.478. The number of aromatic hydroxyl groups is 1. The smallest absolute Gasteiger partial charge is 0.273 e. The van der Waals surface area contributed by atoms with Crippen molar-refractivity contribution in [3.63, 3.8) is 0 Å². The minimum Gasteiger partial charge on any atom is -0.507 e. The van der Waals surface area contributed by atoms with Crippen molar-refractivity contribution in [2.45, 2.75) is 26.4 Å². The summed E-state index contributed by atoms with van der Waals surface area (Å²) in [6.45, 7) is 4.16. The largest absolute Gasteiger partial charge is 0.507 e. The van der Waals surface area contributed by atoms with Gasteiger partial charge in [0.25, 0.3) is 5.91 Å². The van der Waals surface area contributed by atoms with Gasteiger partial charge < -0.3 is 19.2 Å². The van der Waals surface area contributed by atoms with Crippen molar-refractivity contribution < 1.29 is 19.1 Å². The topological polar surface area (TPSA) is 91.6 Å². The van der Waals surface area contributed by atoms with Crippen molar-refractivity contribution in [2.75, 3.05) is 7.11 Å². The lowest BCUT2D eigenvalue weighted by Crippen LogP contribution is -2.29. The number of aromatic nitrogens is 2. The highest BCUT2D eigenvalue weighted by atomic mass is 16.5. The van der Waals surface area contributed by atoms with Gasteiger partial charge in [-0.05, 0) is 60.9 Å². The number of benzene rings is 2. The second-order valence-electron chi connectivity index (χ2n) is 8.03. The summed E-state index contributed by atoms with van der Waals surface area (Å²) in [5.74, 6) is 1.34. The SMILES string of the molecule is COc1cccc(C2c3c(-c4c(C)cc(C)cc4O)n[nH]c3C(=O)N2Cc2ccco2)c1. The molecule has 0 fully saturated rings. The van der Waals surface area contributed by atoms with E-state index in [1.165, 1.54) is 0 Å². The molecule has 5 rings (SSSR count). The number of carbonyl (C=O) groups excluding carboxylic acids is 1. The van der Waals surface area contributed by atoms with Crippen molar-refractivity contribution >= 4 is 5.91 Å². The Hall–Kier alpha value is -4.00. The molecule has 3 heterocycles. The van der Waals surface area contributed by atoms with Gasteiger partial charge in [0.05, 0.1) is 26.0 Å². The van der Waals surface area contributed by atoms with Gasteiger partial charge in [0.1, 0.15) is 28.6 Å². The minimum absolute atomic E-state index is 0.137. The van der Waals surface area contributed by atoms with E-state index in [9.17, 15) is 9.90 Å². The Balaban J connectivity index is 1.71. The highest BCUT2D eigenvalue weighted by Gasteiger charge is 2.43. The molecule has 0 saturated carbocycles. The van der Waals surface area contributed by atoms with Crippen LogP contribution in [-0.4, -0.2) is 33.2 Å². The van der Waals surface area contributed by atoms with Gasteiger partial charge in [-0.3, -0.25) is 9.89 Å². The highest BCUT2D eigenvalue weighted by molar-refractivity contribution is 6.00. The summed E-state index contributed by atoms with van der Waals surface area (Å²) in [7, 11) is 1.61. The van der Waals surface area contributed by atoms with E-state index in [2.05, 4.69) is 10.2 Å². The van der Waals surface area contributed by atoms with Crippen LogP contribution in [0, 0.1) is 13.8 Å². The zero-order valence-corrected chi connectivity index (χ0v) is 18.0. The van der Waals surface area contributed by atoms with Crippen LogP contribution in [0.15, 0.2) is 59.2 Å². The number of aryl methyl sites for hydroxylation is 2. The number of phenolic OH excluding ortho intramolecular Hbond substituents is 1. The van der Waals surface area contributed by atoms with E-state index in [4.69, 9.17) is 9.15 Å². The maximum Gasteiger partial charge on any atom is 0.273 e. The highest BCUT2D eigenvalue weighted by Crippen LogP contribution is 2.46. The van der Waals surface area contributed by atoms with Gasteiger partial charge in [-0.1, -0.05) is 18.2 Å². The molecule has 162 valence electrons. The average Bonchev–Trinajstić information content (AvgIpc) is 3.48. The number of H-pyrrole nitrogens is 1. The maximum absolute atomic E-state index is 13.4. The standard InChI is InChI=1S/C25H23N3O4/c1-14-10-15(2)20(19(29)11-14)22-21-23(27-26-22)25(30)28(13-18-8-5-9-32-18)24(21)16-6-4-7-17(12-16)31-3/h4-12,24,29H,13H2,1-3H3,(H,26,27). The predicted octanol–water partition coefficient (Wildman–Crippen LogP) is 4.75. The zero-order chi connectivity index (χ0) is 22.4. The van der Waals surface area contributed by atoms with Crippen LogP contribution in [0.2, 0.25) is 0 Å². The van der Waals surface area contributed by atoms with Crippen LogP contribution in [0.4, 0.5) is 0 Å². The molecule has 1 aliphatic rings. The molecular weight excluding hydrogens is 406 g/mol. The Morgan fingerprint density at radius 2 is 2.03 bits per heavy atom. The number of methoxy groups -OCH3 is 1. The predicted molar refractivity (Wildman–Crippen MR) is 119 cm³/mol. The number of phenols is 1. The first-order valence-corrected chi connectivity index (χ1v) is 10.3. The molecule has 0 bridgehead atoms. The van der Waals surface area contributed by atoms with E-state index in [-0.39, 0.29) is 11.7 Å². The molecule has 0 spiro atoms. The summed E-state index contributed by atoms with van der Waals surface area (Å²) < 4.78 is 11.0. The molecule has 1 aliphatic heterocycles. The van der Waals surface area contributed by atoms with Gasteiger partial charge in [0.15, 0.2) is 0 Å². The lowest BCUT2D eigenvalue weighted by Gasteiger charge is -2.26. The number of hydrogen-bond acceptors (Lipinski definition) is 5. The molecule has 2 N–H and O–H groups in total. The van der Waals surface area contributed by atoms with E-state index < -0.39 is 6.04 Å². The van der Waals surface area contributed by atoms with Crippen LogP contribution in [0.25, 0.3) is 11.3 Å². The number of hydrogen-bond donors (Lipinski definition) is 2. The number of aromatic amines is 1. The van der Waals surface area contributed by atoms with Gasteiger partial charge in [-0.15, -0.1) is 0 Å². The van der Waals surface area contributed by atoms with Gasteiger partial charge >= 0.3 is 0 Å². The van der Waals surface area contributed by atoms with Crippen molar-refractivity contribution in [1.29, 1.82) is 0 Å². The second-order valence-corrected chi connectivity index (χ2v) is 8.03. The number of amides is 1. The first-order chi connectivity index (χ1) is 15.5. The van der Waals surface area contributed by atoms with Gasteiger partial charge in [0, 0.05) is 11.1 Å². The van der Waals surface area contributed by atoms with Crippen LogP contribution in [-0.2, 0) is 6.54 Å². The summed E-state index contributed by atoms with van der Waals surface area (Å²) in [5, 5.41) is 18.2. The Morgan fingerprint density at radius 3 is 2.75 bits per heavy atom. The monoisotopic (exact) mass is 429 g/mol. The summed E-state index contributed by atoms with van der Waals surface area (Å²) >= 11 is 0. The van der Waals surface area contributed by atoms with Crippen LogP contribution >= 0.6 is 0 Å². The van der Waals surface area contributed by atoms with E-state index >= 15 is 0 Å². The van der Waals surface area contributed by atoms with Gasteiger partial charge in [-0.2, -0.15) is 5.10 Å². The fourth-order valence-corrected chi connectivity index (χ4v) is 4.53. The Bertz CT molecular complexity index is 1280. The van der Waals surface area contributed by atoms with Crippen molar-refractivity contribution in [1.82, 2.24) is 15.1 Å². The first-order valence-electron chi connectivity index (χ1n) is 10.3. The van der Waals surface area contributed by atoms with E-state index in [1.54, 1.807) is 30.4 Å². The van der Waals surface area contributed by atoms with E-state index in [0.29, 0.717) is 35.0 Å². The average molecular weight is 429 g/mol. The van der Waals surface area contributed by atoms with E-state index in [1.807, 2.05) is 50.2 Å². The molecule has 2 aromatic carbocycles. The molecular formula is C25H23N3O4. The fraction of sp³-hybridized carbons (Fsp3) is 0.200. The second kappa shape index (κ2) is 7.60. The van der Waals surface area contributed by atoms with Crippen molar-refractivity contribution in [3.8, 4) is 22.8 Å². The van der Waals surface area contributed by atoms with E-state index in [0.717, 1.165) is 22.3 Å². The molecule has 1 amide bonds. The molecule has 7 nitrogen and oxygen atoms in total. The fourth-order valence-electron chi connectivity index (χ4n) is 4.53. The lowest BCUT2D eigenvalue weighted by atomic mass is 9.93. The molecule has 4 aromatic rings. The minimum atomic E-state index is -0.424. The number of furan rings is 1. The molecule has 1 unspecified atom stereocenters. The molecule has 32 heavy (non-hydrogen) atoms. The molecule has 0 saturated heterocycles. The third-order valence-electron chi connectivity index (χ3n) is 5.88. The Morgan fingerprint density at radius 1 is 1.19 bits per heavy atom. The maximum atomic E-state index is 13.4. The number of rotatable bonds is 5. The van der Waals surface area contributed by atoms with Crippen LogP contribution in [0.5, 0.6) is 11.5 Å². The lowest BCUT2D eigenvalue weighted by molar-refractivity contribution is 0.0717. The van der Waals surface area contributed by atoms with Crippen LogP contribution in [0.3, 0.4) is 0 Å². The van der Waals surface area contributed by atoms with Crippen molar-refractivity contribution in [2.24, 2.45) is 0 Å². The molecule has 0 radical (unpaired) electrons. The van der Waals surface area contributed by atoms with Gasteiger partial charge in [0.2, 0.25) is 0 Å². The first kappa shape index (κ1) is 19.9. The van der Waals surface area contributed by atoms with Crippen molar-refractivity contribution in [3.05, 3.63) is 88.5 Å².